The molecule has 0 saturated heterocycles. The highest BCUT2D eigenvalue weighted by atomic mass is 28.3. The molecule has 0 aliphatic carbocycles. The molecule has 1 aromatic heterocycles. The Morgan fingerprint density at radius 2 is 2.00 bits per heavy atom. The van der Waals surface area contributed by atoms with Crippen molar-refractivity contribution in [2.45, 2.75) is 78.4 Å². The molecule has 0 saturated carbocycles. The normalized spacial score (nSPS) is 14.2. The van der Waals surface area contributed by atoms with Crippen LogP contribution in [0.2, 0.25) is 25.7 Å². The van der Waals surface area contributed by atoms with E-state index in [2.05, 4.69) is 24.7 Å². The Balaban J connectivity index is 1.53. The van der Waals surface area contributed by atoms with Crippen LogP contribution < -0.4 is 4.74 Å². The van der Waals surface area contributed by atoms with Gasteiger partial charge >= 0.3 is 6.09 Å². The molecular weight excluding hydrogens is 441 g/mol. The van der Waals surface area contributed by atoms with Crippen LogP contribution in [0.15, 0.2) is 24.5 Å². The molecule has 33 heavy (non-hydrogen) atoms. The van der Waals surface area contributed by atoms with Crippen molar-refractivity contribution in [3.63, 3.8) is 0 Å². The van der Waals surface area contributed by atoms with Gasteiger partial charge in [0.25, 0.3) is 0 Å². The second kappa shape index (κ2) is 10.3. The third-order valence-corrected chi connectivity index (χ3v) is 6.93. The SMILES string of the molecule is CC(C)(C)OC(=O)N1CCc2cc(OCc3cnn(COCC[Si](C)(C)C)c3)cc(F)c2C1. The number of fused-ring (bicyclic) bond motifs is 1. The van der Waals surface area contributed by atoms with Gasteiger partial charge in [0.1, 0.15) is 30.5 Å². The molecule has 0 spiro atoms. The summed E-state index contributed by atoms with van der Waals surface area (Å²) in [7, 11) is -1.11. The lowest BCUT2D eigenvalue weighted by Crippen LogP contribution is -2.40. The van der Waals surface area contributed by atoms with Crippen LogP contribution in [0.3, 0.4) is 0 Å². The van der Waals surface area contributed by atoms with Gasteiger partial charge in [-0.2, -0.15) is 5.10 Å². The first-order chi connectivity index (χ1) is 15.4. The van der Waals surface area contributed by atoms with Crippen molar-refractivity contribution in [2.24, 2.45) is 0 Å². The molecule has 0 unspecified atom stereocenters. The summed E-state index contributed by atoms with van der Waals surface area (Å²) in [6, 6.07) is 4.35. The van der Waals surface area contributed by atoms with Crippen LogP contribution in [0.1, 0.15) is 37.5 Å². The summed E-state index contributed by atoms with van der Waals surface area (Å²) >= 11 is 0. The van der Waals surface area contributed by atoms with Gasteiger partial charge in [-0.25, -0.2) is 13.9 Å². The van der Waals surface area contributed by atoms with Crippen LogP contribution in [0.25, 0.3) is 0 Å². The number of carbonyl (C=O) groups excluding carboxylic acids is 1. The summed E-state index contributed by atoms with van der Waals surface area (Å²) in [5.74, 6) is 0.0957. The Labute approximate surface area is 196 Å². The molecular formula is C24H36FN3O4Si. The Morgan fingerprint density at radius 1 is 1.24 bits per heavy atom. The van der Waals surface area contributed by atoms with Crippen molar-refractivity contribution in [3.8, 4) is 5.75 Å². The highest BCUT2D eigenvalue weighted by Gasteiger charge is 2.27. The largest absolute Gasteiger partial charge is 0.489 e. The molecule has 1 aliphatic rings. The van der Waals surface area contributed by atoms with Crippen molar-refractivity contribution in [1.29, 1.82) is 0 Å². The number of hydrogen-bond acceptors (Lipinski definition) is 5. The van der Waals surface area contributed by atoms with Crippen LogP contribution in [0, 0.1) is 5.82 Å². The Kier molecular flexibility index (Phi) is 7.84. The van der Waals surface area contributed by atoms with E-state index in [0.717, 1.165) is 23.8 Å². The van der Waals surface area contributed by atoms with E-state index < -0.39 is 19.8 Å². The maximum Gasteiger partial charge on any atom is 0.410 e. The number of nitrogens with zero attached hydrogens (tertiary/aromatic N) is 3. The standard InChI is InChI=1S/C24H36FN3O4Si/c1-24(2,3)32-23(29)27-8-7-19-11-20(12-22(25)21(19)15-27)31-16-18-13-26-28(14-18)17-30-9-10-33(4,5)6/h11-14H,7-10,15-17H2,1-6H3. The fourth-order valence-corrected chi connectivity index (χ4v) is 4.17. The average Bonchev–Trinajstić information content (AvgIpc) is 3.15. The van der Waals surface area contributed by atoms with Crippen LogP contribution in [-0.4, -0.2) is 47.6 Å². The van der Waals surface area contributed by atoms with Gasteiger partial charge < -0.3 is 19.1 Å². The molecule has 1 aliphatic heterocycles. The minimum Gasteiger partial charge on any atom is -0.489 e. The summed E-state index contributed by atoms with van der Waals surface area (Å²) in [5.41, 5.74) is 1.68. The summed E-state index contributed by atoms with van der Waals surface area (Å²) in [6.07, 6.45) is 3.74. The second-order valence-corrected chi connectivity index (χ2v) is 16.3. The van der Waals surface area contributed by atoms with Crippen LogP contribution >= 0.6 is 0 Å². The monoisotopic (exact) mass is 477 g/mol. The van der Waals surface area contributed by atoms with Crippen LogP contribution in [0.5, 0.6) is 5.75 Å². The summed E-state index contributed by atoms with van der Waals surface area (Å²) < 4.78 is 33.5. The Hall–Kier alpha value is -2.39. The van der Waals surface area contributed by atoms with Gasteiger partial charge in [-0.3, -0.25) is 0 Å². The van der Waals surface area contributed by atoms with E-state index in [9.17, 15) is 9.18 Å². The van der Waals surface area contributed by atoms with Crippen molar-refractivity contribution >= 4 is 14.2 Å². The molecule has 1 amide bonds. The van der Waals surface area contributed by atoms with Gasteiger partial charge in [-0.05, 0) is 44.9 Å². The first kappa shape index (κ1) is 25.2. The lowest BCUT2D eigenvalue weighted by Gasteiger charge is -2.31. The van der Waals surface area contributed by atoms with Crippen LogP contribution in [0.4, 0.5) is 9.18 Å². The molecule has 0 fully saturated rings. The molecule has 0 atom stereocenters. The molecule has 182 valence electrons. The highest BCUT2D eigenvalue weighted by Crippen LogP contribution is 2.28. The fraction of sp³-hybridized carbons (Fsp3) is 0.583. The van der Waals surface area contributed by atoms with Gasteiger partial charge in [-0.15, -0.1) is 0 Å². The minimum absolute atomic E-state index is 0.195. The molecule has 9 heteroatoms. The zero-order valence-electron chi connectivity index (χ0n) is 20.6. The summed E-state index contributed by atoms with van der Waals surface area (Å²) in [5, 5.41) is 4.30. The predicted octanol–water partition coefficient (Wildman–Crippen LogP) is 5.21. The van der Waals surface area contributed by atoms with Crippen molar-refractivity contribution in [2.75, 3.05) is 13.2 Å². The number of rotatable bonds is 8. The number of ether oxygens (including phenoxy) is 3. The lowest BCUT2D eigenvalue weighted by atomic mass is 9.99. The maximum absolute atomic E-state index is 14.8. The van der Waals surface area contributed by atoms with Gasteiger partial charge in [-0.1, -0.05) is 19.6 Å². The van der Waals surface area contributed by atoms with E-state index in [-0.39, 0.29) is 19.0 Å². The Bertz CT molecular complexity index is 966. The third-order valence-electron chi connectivity index (χ3n) is 5.23. The van der Waals surface area contributed by atoms with Crippen molar-refractivity contribution in [1.82, 2.24) is 14.7 Å². The molecule has 1 aromatic carbocycles. The van der Waals surface area contributed by atoms with E-state index >= 15 is 0 Å². The second-order valence-electron chi connectivity index (χ2n) is 10.7. The quantitative estimate of drug-likeness (QED) is 0.386. The zero-order chi connectivity index (χ0) is 24.2. The first-order valence-corrected chi connectivity index (χ1v) is 15.1. The number of halogens is 1. The minimum atomic E-state index is -1.11. The van der Waals surface area contributed by atoms with E-state index in [4.69, 9.17) is 14.2 Å². The van der Waals surface area contributed by atoms with Gasteiger partial charge in [0.2, 0.25) is 0 Å². The smallest absolute Gasteiger partial charge is 0.410 e. The third kappa shape index (κ3) is 7.85. The summed E-state index contributed by atoms with van der Waals surface area (Å²) in [4.78, 5) is 13.9. The number of hydrogen-bond donors (Lipinski definition) is 0. The zero-order valence-corrected chi connectivity index (χ0v) is 21.6. The predicted molar refractivity (Wildman–Crippen MR) is 127 cm³/mol. The number of amides is 1. The van der Waals surface area contributed by atoms with Crippen LogP contribution in [-0.2, 0) is 35.8 Å². The molecule has 0 radical (unpaired) electrons. The number of aromatic nitrogens is 2. The molecule has 0 bridgehead atoms. The first-order valence-electron chi connectivity index (χ1n) is 11.4. The topological polar surface area (TPSA) is 65.8 Å². The van der Waals surface area contributed by atoms with Gasteiger partial charge in [0, 0.05) is 44.6 Å². The van der Waals surface area contributed by atoms with Gasteiger partial charge in [0.05, 0.1) is 12.7 Å². The van der Waals surface area contributed by atoms with Gasteiger partial charge in [0.15, 0.2) is 0 Å². The number of carbonyl (C=O) groups is 1. The fourth-order valence-electron chi connectivity index (χ4n) is 3.41. The van der Waals surface area contributed by atoms with E-state index in [1.54, 1.807) is 10.9 Å². The summed E-state index contributed by atoms with van der Waals surface area (Å²) in [6.45, 7) is 14.5. The van der Waals surface area contributed by atoms with E-state index in [1.165, 1.54) is 11.0 Å². The molecule has 7 nitrogen and oxygen atoms in total. The van der Waals surface area contributed by atoms with E-state index in [1.807, 2.05) is 33.0 Å². The molecule has 0 N–H and O–H groups in total. The molecule has 3 rings (SSSR count). The molecule has 2 aromatic rings. The Morgan fingerprint density at radius 3 is 2.70 bits per heavy atom. The highest BCUT2D eigenvalue weighted by molar-refractivity contribution is 6.76. The maximum atomic E-state index is 14.8. The number of benzene rings is 1. The van der Waals surface area contributed by atoms with Crippen molar-refractivity contribution < 1.29 is 23.4 Å². The molecule has 2 heterocycles. The van der Waals surface area contributed by atoms with E-state index in [0.29, 0.717) is 31.0 Å². The average molecular weight is 478 g/mol. The lowest BCUT2D eigenvalue weighted by molar-refractivity contribution is 0.0221. The van der Waals surface area contributed by atoms with Crippen molar-refractivity contribution in [3.05, 3.63) is 47.0 Å².